The first-order valence-corrected chi connectivity index (χ1v) is 31.5. The molecular formula is C60H90I2O11. The highest BCUT2D eigenvalue weighted by Crippen LogP contribution is 2.67. The third kappa shape index (κ3) is 10.7. The summed E-state index contributed by atoms with van der Waals surface area (Å²) in [5, 5.41) is 11.7. The number of rotatable bonds is 22. The molecule has 0 spiro atoms. The van der Waals surface area contributed by atoms with Gasteiger partial charge < -0.3 is 28.8 Å². The standard InChI is InChI=1S/C60H90I2O11/c1-8-51(3,48(65)71-55(7)43-23-38-21-39(25-43)26-44(55)24-38)14-10-16-53(5,47(64)70-45-13-20-69-46(45)63)17-12-19-54(6,50(67)72-59-31-40-22-41(32-59)30-58(68,29-40)37-59)18-11-15-52(4,9-2)49(66)73-60-33-42-27-56(61,35-60)34-57(62,28-42)36-60/h38-45,68H,8-37H2,1-7H3. The van der Waals surface area contributed by atoms with E-state index in [1.54, 1.807) is 0 Å². The minimum atomic E-state index is -1.02. The predicted octanol–water partition coefficient (Wildman–Crippen LogP) is 13.2. The van der Waals surface area contributed by atoms with Gasteiger partial charge in [-0.15, -0.1) is 0 Å². The SMILES string of the molecule is CCC(C)(CCCC(C)(CCCC(C)(CCCC(C)(CC)C(=O)OC1(C)C2CC3CC(C2)CC1C3)C(=O)OC1CCOC1=O)C(=O)OC12CC3CC(CC(O)(C3)C1)C2)C(=O)OC12CC3CC(I)(CC(I)(C3)C1)C2. The van der Waals surface area contributed by atoms with Gasteiger partial charge in [0.25, 0.3) is 0 Å². The fraction of sp³-hybridized carbons (Fsp3) is 0.917. The number of aliphatic hydroxyl groups is 1. The third-order valence-corrected chi connectivity index (χ3v) is 25.0. The Labute approximate surface area is 464 Å². The number of carbonyl (C=O) groups excluding carboxylic acids is 5. The fourth-order valence-corrected chi connectivity index (χ4v) is 23.5. The van der Waals surface area contributed by atoms with Crippen LogP contribution in [-0.4, -0.2) is 76.9 Å². The molecular weight excluding hydrogens is 1150 g/mol. The molecule has 1 heterocycles. The summed E-state index contributed by atoms with van der Waals surface area (Å²) in [6.45, 7) is 14.5. The van der Waals surface area contributed by atoms with E-state index in [4.69, 9.17) is 23.7 Å². The number of alkyl halides is 2. The lowest BCUT2D eigenvalue weighted by Gasteiger charge is -2.62. The van der Waals surface area contributed by atoms with Crippen LogP contribution in [-0.2, 0) is 47.7 Å². The van der Waals surface area contributed by atoms with Crippen molar-refractivity contribution in [2.45, 2.75) is 270 Å². The van der Waals surface area contributed by atoms with Crippen LogP contribution >= 0.6 is 45.2 Å². The number of ether oxygens (including phenoxy) is 5. The van der Waals surface area contributed by atoms with Crippen molar-refractivity contribution in [1.29, 1.82) is 0 Å². The lowest BCUT2D eigenvalue weighted by molar-refractivity contribution is -0.226. The smallest absolute Gasteiger partial charge is 0.347 e. The maximum atomic E-state index is 15.1. The summed E-state index contributed by atoms with van der Waals surface area (Å²) in [4.78, 5) is 71.1. The summed E-state index contributed by atoms with van der Waals surface area (Å²) in [6, 6.07) is 0. The molecule has 1 N–H and O–H groups in total. The van der Waals surface area contributed by atoms with Gasteiger partial charge in [0.05, 0.1) is 33.9 Å². The monoisotopic (exact) mass is 1240 g/mol. The highest BCUT2D eigenvalue weighted by Gasteiger charge is 2.65. The van der Waals surface area contributed by atoms with Gasteiger partial charge >= 0.3 is 29.8 Å². The van der Waals surface area contributed by atoms with E-state index in [-0.39, 0.29) is 31.4 Å². The van der Waals surface area contributed by atoms with Crippen molar-refractivity contribution in [2.75, 3.05) is 6.61 Å². The largest absolute Gasteiger partial charge is 0.463 e. The Balaban J connectivity index is 0.832. The molecule has 0 aromatic heterocycles. The first kappa shape index (κ1) is 55.1. The lowest BCUT2D eigenvalue weighted by atomic mass is 9.50. The molecule has 9 unspecified atom stereocenters. The molecule has 0 amide bonds. The molecule has 1 aliphatic heterocycles. The molecule has 12 bridgehead atoms. The topological polar surface area (TPSA) is 152 Å². The van der Waals surface area contributed by atoms with Gasteiger partial charge in [-0.2, -0.15) is 0 Å². The van der Waals surface area contributed by atoms with Crippen LogP contribution in [0.15, 0.2) is 0 Å². The average molecular weight is 1240 g/mol. The molecule has 13 rings (SSSR count). The Hall–Kier alpha value is -1.23. The fourth-order valence-electron chi connectivity index (χ4n) is 18.7. The Morgan fingerprint density at radius 3 is 1.47 bits per heavy atom. The Morgan fingerprint density at radius 2 is 1.00 bits per heavy atom. The van der Waals surface area contributed by atoms with Crippen LogP contribution in [0.25, 0.3) is 0 Å². The molecule has 12 saturated carbocycles. The van der Waals surface area contributed by atoms with Crippen LogP contribution in [0.5, 0.6) is 0 Å². The number of halogens is 2. The van der Waals surface area contributed by atoms with E-state index in [0.717, 1.165) is 88.9 Å². The predicted molar refractivity (Wildman–Crippen MR) is 294 cm³/mol. The van der Waals surface area contributed by atoms with Crippen LogP contribution in [0.4, 0.5) is 0 Å². The molecule has 11 nitrogen and oxygen atoms in total. The van der Waals surface area contributed by atoms with Crippen LogP contribution in [0.2, 0.25) is 0 Å². The van der Waals surface area contributed by atoms with Crippen LogP contribution in [0.3, 0.4) is 0 Å². The summed E-state index contributed by atoms with van der Waals surface area (Å²) in [5.74, 6) is 2.19. The number of cyclic esters (lactones) is 1. The highest BCUT2D eigenvalue weighted by molar-refractivity contribution is 14.1. The van der Waals surface area contributed by atoms with Crippen molar-refractivity contribution >= 4 is 75.0 Å². The van der Waals surface area contributed by atoms with E-state index >= 15 is 4.79 Å². The van der Waals surface area contributed by atoms with Gasteiger partial charge in [0.2, 0.25) is 6.10 Å². The van der Waals surface area contributed by atoms with Gasteiger partial charge in [-0.05, 0) is 217 Å². The molecule has 0 aromatic carbocycles. The first-order chi connectivity index (χ1) is 34.2. The molecule has 13 heteroatoms. The van der Waals surface area contributed by atoms with E-state index in [0.29, 0.717) is 113 Å². The minimum absolute atomic E-state index is 0.113. The Morgan fingerprint density at radius 1 is 0.562 bits per heavy atom. The second kappa shape index (κ2) is 19.5. The van der Waals surface area contributed by atoms with Crippen molar-refractivity contribution in [3.05, 3.63) is 0 Å². The zero-order valence-corrected chi connectivity index (χ0v) is 49.9. The second-order valence-electron chi connectivity index (χ2n) is 28.9. The summed E-state index contributed by atoms with van der Waals surface area (Å²) < 4.78 is 31.8. The molecule has 1 saturated heterocycles. The van der Waals surface area contributed by atoms with Crippen molar-refractivity contribution in [2.24, 2.45) is 63.1 Å². The molecule has 410 valence electrons. The van der Waals surface area contributed by atoms with E-state index in [1.807, 2.05) is 27.7 Å². The number of carbonyl (C=O) groups is 5. The van der Waals surface area contributed by atoms with Gasteiger partial charge in [0.15, 0.2) is 0 Å². The zero-order valence-electron chi connectivity index (χ0n) is 45.6. The first-order valence-electron chi connectivity index (χ1n) is 29.4. The van der Waals surface area contributed by atoms with E-state index in [2.05, 4.69) is 66.0 Å². The van der Waals surface area contributed by atoms with Crippen molar-refractivity contribution < 1.29 is 52.8 Å². The zero-order chi connectivity index (χ0) is 52.3. The van der Waals surface area contributed by atoms with E-state index < -0.39 is 62.1 Å². The van der Waals surface area contributed by atoms with Gasteiger partial charge in [-0.25, -0.2) is 4.79 Å². The molecule has 73 heavy (non-hydrogen) atoms. The Bertz CT molecular complexity index is 2120. The average Bonchev–Trinajstić information content (AvgIpc) is 3.68. The molecule has 0 radical (unpaired) electrons. The quantitative estimate of drug-likeness (QED) is 0.0477. The van der Waals surface area contributed by atoms with Crippen LogP contribution < -0.4 is 0 Å². The summed E-state index contributed by atoms with van der Waals surface area (Å²) in [7, 11) is 0. The Kier molecular flexibility index (Phi) is 14.8. The van der Waals surface area contributed by atoms with Gasteiger partial charge in [0.1, 0.15) is 16.8 Å². The molecule has 13 aliphatic rings. The van der Waals surface area contributed by atoms with Crippen molar-refractivity contribution in [3.63, 3.8) is 0 Å². The maximum absolute atomic E-state index is 15.1. The summed E-state index contributed by atoms with van der Waals surface area (Å²) in [5.41, 5.74) is -5.71. The summed E-state index contributed by atoms with van der Waals surface area (Å²) in [6.07, 6.45) is 22.3. The lowest BCUT2D eigenvalue weighted by Crippen LogP contribution is -2.63. The van der Waals surface area contributed by atoms with E-state index in [1.165, 1.54) is 25.7 Å². The molecule has 12 aliphatic carbocycles. The number of hydrogen-bond donors (Lipinski definition) is 1. The van der Waals surface area contributed by atoms with Gasteiger partial charge in [-0.1, -0.05) is 78.3 Å². The number of esters is 5. The van der Waals surface area contributed by atoms with Crippen molar-refractivity contribution in [1.82, 2.24) is 0 Å². The van der Waals surface area contributed by atoms with Gasteiger partial charge in [0, 0.05) is 32.5 Å². The summed E-state index contributed by atoms with van der Waals surface area (Å²) >= 11 is 5.35. The minimum Gasteiger partial charge on any atom is -0.463 e. The molecule has 13 fully saturated rings. The normalized spacial score (nSPS) is 43.6. The van der Waals surface area contributed by atoms with E-state index in [9.17, 15) is 24.3 Å². The number of hydrogen-bond acceptors (Lipinski definition) is 11. The maximum Gasteiger partial charge on any atom is 0.347 e. The molecule has 0 aromatic rings. The van der Waals surface area contributed by atoms with Crippen LogP contribution in [0.1, 0.15) is 235 Å². The highest BCUT2D eigenvalue weighted by atomic mass is 127. The second-order valence-corrected chi connectivity index (χ2v) is 33.5. The van der Waals surface area contributed by atoms with Crippen LogP contribution in [0, 0.1) is 63.1 Å². The molecule has 9 atom stereocenters. The van der Waals surface area contributed by atoms with Gasteiger partial charge in [-0.3, -0.25) is 19.2 Å². The van der Waals surface area contributed by atoms with Crippen molar-refractivity contribution in [3.8, 4) is 0 Å². The third-order valence-electron chi connectivity index (χ3n) is 22.6.